The molecule has 0 saturated heterocycles. The molecule has 0 unspecified atom stereocenters. The Morgan fingerprint density at radius 1 is 0.347 bits per heavy atom. The van der Waals surface area contributed by atoms with Crippen molar-refractivity contribution in [2.75, 3.05) is 4.90 Å². The number of nitrogens with zero attached hydrogens (tertiary/aromatic N) is 1. The van der Waals surface area contributed by atoms with E-state index in [-0.39, 0.29) is 0 Å². The molecule has 0 fully saturated rings. The third-order valence-electron chi connectivity index (χ3n) is 9.68. The molecule has 0 radical (unpaired) electrons. The van der Waals surface area contributed by atoms with Crippen LogP contribution in [-0.2, 0) is 0 Å². The minimum Gasteiger partial charge on any atom is -0.309 e. The van der Waals surface area contributed by atoms with E-state index in [9.17, 15) is 0 Å². The van der Waals surface area contributed by atoms with E-state index in [2.05, 4.69) is 181 Å². The van der Waals surface area contributed by atoms with Crippen molar-refractivity contribution in [2.45, 2.75) is 0 Å². The molecule has 0 atom stereocenters. The normalized spacial score (nSPS) is 11.7. The molecule has 2 aromatic heterocycles. The number of rotatable bonds is 5. The van der Waals surface area contributed by atoms with Crippen molar-refractivity contribution in [3.8, 4) is 22.3 Å². The van der Waals surface area contributed by atoms with Gasteiger partial charge < -0.3 is 4.90 Å². The van der Waals surface area contributed by atoms with Gasteiger partial charge in [0.2, 0.25) is 0 Å². The molecule has 0 N–H and O–H groups in total. The van der Waals surface area contributed by atoms with Crippen LogP contribution < -0.4 is 4.90 Å². The zero-order valence-electron chi connectivity index (χ0n) is 26.5. The Hall–Kier alpha value is -5.74. The fourth-order valence-electron chi connectivity index (χ4n) is 7.42. The highest BCUT2D eigenvalue weighted by molar-refractivity contribution is 7.26. The first-order valence-corrected chi connectivity index (χ1v) is 18.2. The minimum absolute atomic E-state index is 1.12. The maximum absolute atomic E-state index is 2.45. The molecule has 0 spiro atoms. The molecule has 8 aromatic carbocycles. The van der Waals surface area contributed by atoms with Crippen LogP contribution in [0.4, 0.5) is 17.1 Å². The lowest BCUT2D eigenvalue weighted by atomic mass is 9.96. The van der Waals surface area contributed by atoms with Crippen LogP contribution in [0.25, 0.3) is 73.4 Å². The third-order valence-corrected chi connectivity index (χ3v) is 12.0. The summed E-state index contributed by atoms with van der Waals surface area (Å²) in [6.07, 6.45) is 0. The quantitative estimate of drug-likeness (QED) is 0.178. The lowest BCUT2D eigenvalue weighted by Gasteiger charge is -2.29. The number of hydrogen-bond donors (Lipinski definition) is 0. The summed E-state index contributed by atoms with van der Waals surface area (Å²) in [5.74, 6) is 0. The van der Waals surface area contributed by atoms with Crippen LogP contribution in [0, 0.1) is 0 Å². The molecule has 230 valence electrons. The molecule has 0 amide bonds. The van der Waals surface area contributed by atoms with Crippen molar-refractivity contribution in [3.05, 3.63) is 176 Å². The maximum Gasteiger partial charge on any atom is 0.0540 e. The molecule has 10 aromatic rings. The first-order chi connectivity index (χ1) is 24.3. The summed E-state index contributed by atoms with van der Waals surface area (Å²) < 4.78 is 5.28. The maximum atomic E-state index is 2.45. The predicted octanol–water partition coefficient (Wildman–Crippen LogP) is 14.4. The van der Waals surface area contributed by atoms with Gasteiger partial charge in [0.05, 0.1) is 11.4 Å². The van der Waals surface area contributed by atoms with E-state index in [1.807, 2.05) is 22.7 Å². The number of thiophene rings is 2. The lowest BCUT2D eigenvalue weighted by Crippen LogP contribution is -2.11. The smallest absolute Gasteiger partial charge is 0.0540 e. The van der Waals surface area contributed by atoms with E-state index >= 15 is 0 Å². The molecule has 0 aliphatic carbocycles. The van der Waals surface area contributed by atoms with Crippen LogP contribution in [0.3, 0.4) is 0 Å². The summed E-state index contributed by atoms with van der Waals surface area (Å²) in [6, 6.07) is 64.4. The number of fused-ring (bicyclic) bond motifs is 7. The van der Waals surface area contributed by atoms with Crippen molar-refractivity contribution in [3.63, 3.8) is 0 Å². The Kier molecular flexibility index (Phi) is 6.61. The van der Waals surface area contributed by atoms with Crippen LogP contribution in [0.15, 0.2) is 176 Å². The predicted molar refractivity (Wildman–Crippen MR) is 215 cm³/mol. The van der Waals surface area contributed by atoms with Crippen LogP contribution >= 0.6 is 22.7 Å². The number of benzene rings is 8. The van der Waals surface area contributed by atoms with E-state index in [0.717, 1.165) is 17.1 Å². The van der Waals surface area contributed by atoms with E-state index in [1.165, 1.54) is 73.4 Å². The van der Waals surface area contributed by atoms with E-state index < -0.39 is 0 Å². The molecule has 2 heterocycles. The van der Waals surface area contributed by atoms with Gasteiger partial charge in [0.15, 0.2) is 0 Å². The highest BCUT2D eigenvalue weighted by Crippen LogP contribution is 2.47. The first-order valence-electron chi connectivity index (χ1n) is 16.6. The average molecular weight is 660 g/mol. The van der Waals surface area contributed by atoms with Gasteiger partial charge in [-0.1, -0.05) is 127 Å². The zero-order valence-corrected chi connectivity index (χ0v) is 28.1. The molecule has 49 heavy (non-hydrogen) atoms. The van der Waals surface area contributed by atoms with E-state index in [1.54, 1.807) is 0 Å². The van der Waals surface area contributed by atoms with E-state index in [4.69, 9.17) is 0 Å². The Morgan fingerprint density at radius 3 is 1.80 bits per heavy atom. The van der Waals surface area contributed by atoms with Crippen molar-refractivity contribution in [1.29, 1.82) is 0 Å². The van der Waals surface area contributed by atoms with E-state index in [0.29, 0.717) is 0 Å². The van der Waals surface area contributed by atoms with Gasteiger partial charge in [0.25, 0.3) is 0 Å². The highest BCUT2D eigenvalue weighted by atomic mass is 32.1. The SMILES string of the molecule is c1ccc(N(c2ccc(-c3ccc4c(c3)sc3ccccc34)cc2)c2cccc3ccccc23)c(-c2cccc3sc4ccccc4c23)c1. The summed E-state index contributed by atoms with van der Waals surface area (Å²) in [7, 11) is 0. The Labute approximate surface area is 292 Å². The van der Waals surface area contributed by atoms with Gasteiger partial charge in [-0.05, 0) is 70.6 Å². The fourth-order valence-corrected chi connectivity index (χ4v) is 9.69. The largest absolute Gasteiger partial charge is 0.309 e. The van der Waals surface area contributed by atoms with Gasteiger partial charge in [-0.15, -0.1) is 22.7 Å². The summed E-state index contributed by atoms with van der Waals surface area (Å²) in [5.41, 5.74) is 8.35. The second-order valence-electron chi connectivity index (χ2n) is 12.5. The van der Waals surface area contributed by atoms with Crippen molar-refractivity contribution in [1.82, 2.24) is 0 Å². The number of para-hydroxylation sites is 1. The van der Waals surface area contributed by atoms with Gasteiger partial charge >= 0.3 is 0 Å². The second-order valence-corrected chi connectivity index (χ2v) is 14.7. The van der Waals surface area contributed by atoms with Gasteiger partial charge in [0, 0.05) is 57.0 Å². The second kappa shape index (κ2) is 11.5. The summed E-state index contributed by atoms with van der Waals surface area (Å²) >= 11 is 3.74. The minimum atomic E-state index is 1.12. The standard InChI is InChI=1S/C46H29NS2/c1-2-13-34-31(11-1)12-9-19-40(34)47(33-26-23-30(24-27-33)32-25-28-37-36-15-4-7-20-42(36)49-45(37)29-32)41-18-6-3-14-35(41)38-17-10-22-44-46(38)39-16-5-8-21-43(39)48-44/h1-29H. The van der Waals surface area contributed by atoms with Crippen molar-refractivity contribution < 1.29 is 0 Å². The number of hydrogen-bond acceptors (Lipinski definition) is 3. The third kappa shape index (κ3) is 4.66. The summed E-state index contributed by atoms with van der Waals surface area (Å²) in [5, 5.41) is 7.73. The Balaban J connectivity index is 1.16. The lowest BCUT2D eigenvalue weighted by molar-refractivity contribution is 1.30. The zero-order chi connectivity index (χ0) is 32.3. The fraction of sp³-hybridized carbons (Fsp3) is 0. The summed E-state index contributed by atoms with van der Waals surface area (Å²) in [6.45, 7) is 0. The first kappa shape index (κ1) is 28.3. The Bertz CT molecular complexity index is 2830. The Morgan fingerprint density at radius 2 is 0.918 bits per heavy atom. The average Bonchev–Trinajstić information content (AvgIpc) is 3.74. The van der Waals surface area contributed by atoms with Crippen LogP contribution in [0.5, 0.6) is 0 Å². The molecule has 0 aliphatic heterocycles. The molecular formula is C46H29NS2. The van der Waals surface area contributed by atoms with Crippen LogP contribution in [0.2, 0.25) is 0 Å². The van der Waals surface area contributed by atoms with Gasteiger partial charge in [0.1, 0.15) is 0 Å². The molecule has 1 nitrogen and oxygen atoms in total. The highest BCUT2D eigenvalue weighted by Gasteiger charge is 2.21. The van der Waals surface area contributed by atoms with Gasteiger partial charge in [-0.25, -0.2) is 0 Å². The number of anilines is 3. The molecule has 10 rings (SSSR count). The molecule has 0 saturated carbocycles. The molecule has 3 heteroatoms. The van der Waals surface area contributed by atoms with Crippen molar-refractivity contribution >= 4 is 90.9 Å². The van der Waals surface area contributed by atoms with Crippen molar-refractivity contribution in [2.24, 2.45) is 0 Å². The van der Waals surface area contributed by atoms with Crippen LogP contribution in [-0.4, -0.2) is 0 Å². The molecule has 0 aliphatic rings. The van der Waals surface area contributed by atoms with Crippen LogP contribution in [0.1, 0.15) is 0 Å². The van der Waals surface area contributed by atoms with Gasteiger partial charge in [-0.3, -0.25) is 0 Å². The van der Waals surface area contributed by atoms with Gasteiger partial charge in [-0.2, -0.15) is 0 Å². The monoisotopic (exact) mass is 659 g/mol. The molecule has 0 bridgehead atoms. The topological polar surface area (TPSA) is 3.24 Å². The molecular weight excluding hydrogens is 631 g/mol. The summed E-state index contributed by atoms with van der Waals surface area (Å²) in [4.78, 5) is 2.45.